The number of aromatic amines is 1. The summed E-state index contributed by atoms with van der Waals surface area (Å²) in [6.07, 6.45) is 9.57. The summed E-state index contributed by atoms with van der Waals surface area (Å²) in [6, 6.07) is 0. The lowest BCUT2D eigenvalue weighted by Crippen LogP contribution is -2.23. The first-order chi connectivity index (χ1) is 11.7. The van der Waals surface area contributed by atoms with Gasteiger partial charge >= 0.3 is 0 Å². The van der Waals surface area contributed by atoms with Crippen molar-refractivity contribution in [3.63, 3.8) is 0 Å². The van der Waals surface area contributed by atoms with Crippen LogP contribution in [0.3, 0.4) is 0 Å². The molecule has 1 aliphatic carbocycles. The molecule has 5 heteroatoms. The van der Waals surface area contributed by atoms with E-state index in [2.05, 4.69) is 29.1 Å². The minimum atomic E-state index is 0.604. The molecule has 0 radical (unpaired) electrons. The van der Waals surface area contributed by atoms with Crippen molar-refractivity contribution in [3.05, 3.63) is 17.5 Å². The highest BCUT2D eigenvalue weighted by atomic mass is 16.5. The lowest BCUT2D eigenvalue weighted by Gasteiger charge is -2.29. The Morgan fingerprint density at radius 3 is 3.00 bits per heavy atom. The van der Waals surface area contributed by atoms with Crippen molar-refractivity contribution in [1.29, 1.82) is 0 Å². The van der Waals surface area contributed by atoms with Crippen molar-refractivity contribution >= 4 is 0 Å². The summed E-state index contributed by atoms with van der Waals surface area (Å²) in [6.45, 7) is 6.65. The monoisotopic (exact) mass is 337 g/mol. The smallest absolute Gasteiger partial charge is 0.0700 e. The van der Waals surface area contributed by atoms with Gasteiger partial charge in [-0.25, -0.2) is 0 Å². The van der Waals surface area contributed by atoms with Crippen molar-refractivity contribution < 1.29 is 9.47 Å². The van der Waals surface area contributed by atoms with E-state index in [1.807, 2.05) is 6.20 Å². The molecule has 24 heavy (non-hydrogen) atoms. The van der Waals surface area contributed by atoms with Crippen LogP contribution in [0, 0.1) is 5.92 Å². The van der Waals surface area contributed by atoms with E-state index >= 15 is 0 Å². The van der Waals surface area contributed by atoms with E-state index in [1.54, 1.807) is 7.11 Å². The molecule has 1 fully saturated rings. The van der Waals surface area contributed by atoms with Crippen molar-refractivity contribution in [2.75, 3.05) is 40.5 Å². The van der Waals surface area contributed by atoms with Gasteiger partial charge in [0.2, 0.25) is 0 Å². The normalized spacial score (nSPS) is 21.5. The van der Waals surface area contributed by atoms with Gasteiger partial charge < -0.3 is 14.4 Å². The van der Waals surface area contributed by atoms with Crippen LogP contribution in [0.4, 0.5) is 0 Å². The van der Waals surface area contributed by atoms with Crippen LogP contribution in [0.15, 0.2) is 6.20 Å². The molecule has 2 atom stereocenters. The Morgan fingerprint density at radius 1 is 1.33 bits per heavy atom. The van der Waals surface area contributed by atoms with E-state index in [0.717, 1.165) is 19.7 Å². The van der Waals surface area contributed by atoms with Gasteiger partial charge in [-0.05, 0) is 45.2 Å². The van der Waals surface area contributed by atoms with Gasteiger partial charge in [0.1, 0.15) is 0 Å². The summed E-state index contributed by atoms with van der Waals surface area (Å²) >= 11 is 0. The summed E-state index contributed by atoms with van der Waals surface area (Å²) in [4.78, 5) is 2.41. The number of rotatable bonds is 11. The molecule has 2 rings (SSSR count). The maximum absolute atomic E-state index is 5.76. The zero-order valence-corrected chi connectivity index (χ0v) is 15.7. The molecule has 2 unspecified atom stereocenters. The largest absolute Gasteiger partial charge is 0.382 e. The third-order valence-corrected chi connectivity index (χ3v) is 5.06. The molecular formula is C19H35N3O2. The van der Waals surface area contributed by atoms with Crippen molar-refractivity contribution in [1.82, 2.24) is 15.1 Å². The third-order valence-electron chi connectivity index (χ3n) is 5.06. The van der Waals surface area contributed by atoms with Crippen LogP contribution in [0.1, 0.15) is 62.6 Å². The Bertz CT molecular complexity index is 450. The highest BCUT2D eigenvalue weighted by Gasteiger charge is 2.26. The van der Waals surface area contributed by atoms with Crippen LogP contribution in [-0.2, 0) is 16.0 Å². The van der Waals surface area contributed by atoms with E-state index in [-0.39, 0.29) is 0 Å². The van der Waals surface area contributed by atoms with E-state index in [0.29, 0.717) is 25.0 Å². The molecule has 1 aromatic rings. The summed E-state index contributed by atoms with van der Waals surface area (Å²) in [5.74, 6) is 1.27. The summed E-state index contributed by atoms with van der Waals surface area (Å²) < 4.78 is 10.8. The Balaban J connectivity index is 1.85. The van der Waals surface area contributed by atoms with Gasteiger partial charge in [-0.2, -0.15) is 5.10 Å². The lowest BCUT2D eigenvalue weighted by atomic mass is 9.79. The molecule has 0 aliphatic heterocycles. The zero-order chi connectivity index (χ0) is 17.2. The number of nitrogens with one attached hydrogen (secondary N) is 1. The van der Waals surface area contributed by atoms with E-state index in [4.69, 9.17) is 9.47 Å². The first-order valence-corrected chi connectivity index (χ1v) is 9.52. The number of hydrogen-bond acceptors (Lipinski definition) is 4. The SMILES string of the molecule is CCCCN(C)Cc1cn[nH]c1C1CCCC(COCCOC)C1. The molecule has 1 aliphatic rings. The fourth-order valence-electron chi connectivity index (χ4n) is 3.70. The second kappa shape index (κ2) is 10.9. The Morgan fingerprint density at radius 2 is 2.21 bits per heavy atom. The fraction of sp³-hybridized carbons (Fsp3) is 0.842. The third kappa shape index (κ3) is 6.19. The van der Waals surface area contributed by atoms with Gasteiger partial charge in [0.05, 0.1) is 19.4 Å². The van der Waals surface area contributed by atoms with Gasteiger partial charge in [0.25, 0.3) is 0 Å². The van der Waals surface area contributed by atoms with Crippen molar-refractivity contribution in [2.24, 2.45) is 5.92 Å². The Labute approximate surface area is 147 Å². The predicted octanol–water partition coefficient (Wildman–Crippen LogP) is 3.58. The van der Waals surface area contributed by atoms with Gasteiger partial charge in [0.15, 0.2) is 0 Å². The highest BCUT2D eigenvalue weighted by molar-refractivity contribution is 5.21. The van der Waals surface area contributed by atoms with Crippen LogP contribution >= 0.6 is 0 Å². The average Bonchev–Trinajstić information content (AvgIpc) is 3.05. The minimum absolute atomic E-state index is 0.604. The molecule has 1 heterocycles. The molecular weight excluding hydrogens is 302 g/mol. The quantitative estimate of drug-likeness (QED) is 0.627. The van der Waals surface area contributed by atoms with E-state index in [9.17, 15) is 0 Å². The molecule has 0 bridgehead atoms. The number of methoxy groups -OCH3 is 1. The molecule has 138 valence electrons. The van der Waals surface area contributed by atoms with Crippen LogP contribution < -0.4 is 0 Å². The van der Waals surface area contributed by atoms with Gasteiger partial charge in [-0.15, -0.1) is 0 Å². The minimum Gasteiger partial charge on any atom is -0.382 e. The first kappa shape index (κ1) is 19.4. The Hall–Kier alpha value is -0.910. The second-order valence-corrected chi connectivity index (χ2v) is 7.20. The number of unbranched alkanes of at least 4 members (excludes halogenated alkanes) is 1. The molecule has 1 N–H and O–H groups in total. The van der Waals surface area contributed by atoms with Gasteiger partial charge in [-0.1, -0.05) is 19.8 Å². The average molecular weight is 338 g/mol. The number of H-pyrrole nitrogens is 1. The molecule has 1 aromatic heterocycles. The van der Waals surface area contributed by atoms with Crippen LogP contribution in [0.25, 0.3) is 0 Å². The van der Waals surface area contributed by atoms with Crippen LogP contribution in [0.2, 0.25) is 0 Å². The summed E-state index contributed by atoms with van der Waals surface area (Å²) in [7, 11) is 3.93. The number of hydrogen-bond donors (Lipinski definition) is 1. The molecule has 1 saturated carbocycles. The van der Waals surface area contributed by atoms with Crippen LogP contribution in [-0.4, -0.2) is 55.6 Å². The van der Waals surface area contributed by atoms with Crippen molar-refractivity contribution in [2.45, 2.75) is 57.9 Å². The number of aromatic nitrogens is 2. The Kier molecular flexibility index (Phi) is 8.78. The van der Waals surface area contributed by atoms with Gasteiger partial charge in [0, 0.05) is 37.4 Å². The summed E-state index contributed by atoms with van der Waals surface area (Å²) in [5.41, 5.74) is 2.74. The maximum atomic E-state index is 5.76. The summed E-state index contributed by atoms with van der Waals surface area (Å²) in [5, 5.41) is 7.64. The number of nitrogens with zero attached hydrogens (tertiary/aromatic N) is 2. The van der Waals surface area contributed by atoms with E-state index < -0.39 is 0 Å². The maximum Gasteiger partial charge on any atom is 0.0700 e. The molecule has 0 aromatic carbocycles. The zero-order valence-electron chi connectivity index (χ0n) is 15.7. The van der Waals surface area contributed by atoms with Crippen LogP contribution in [0.5, 0.6) is 0 Å². The molecule has 5 nitrogen and oxygen atoms in total. The predicted molar refractivity (Wildman–Crippen MR) is 97.2 cm³/mol. The highest BCUT2D eigenvalue weighted by Crippen LogP contribution is 2.37. The van der Waals surface area contributed by atoms with Gasteiger partial charge in [-0.3, -0.25) is 5.10 Å². The first-order valence-electron chi connectivity index (χ1n) is 9.52. The topological polar surface area (TPSA) is 50.4 Å². The standard InChI is InChI=1S/C19H35N3O2/c1-4-5-9-22(2)14-18-13-20-21-19(18)17-8-6-7-16(12-17)15-24-11-10-23-3/h13,16-17H,4-12,14-15H2,1-3H3,(H,20,21). The fourth-order valence-corrected chi connectivity index (χ4v) is 3.70. The second-order valence-electron chi connectivity index (χ2n) is 7.20. The van der Waals surface area contributed by atoms with Crippen molar-refractivity contribution in [3.8, 4) is 0 Å². The molecule has 0 saturated heterocycles. The molecule has 0 spiro atoms. The van der Waals surface area contributed by atoms with E-state index in [1.165, 1.54) is 49.8 Å². The number of ether oxygens (including phenoxy) is 2. The molecule has 0 amide bonds. The lowest BCUT2D eigenvalue weighted by molar-refractivity contribution is 0.0416.